The Bertz CT molecular complexity index is 396. The predicted octanol–water partition coefficient (Wildman–Crippen LogP) is 1.03. The third kappa shape index (κ3) is 2.30. The van der Waals surface area contributed by atoms with Crippen LogP contribution in [-0.4, -0.2) is 27.0 Å². The Kier molecular flexibility index (Phi) is 3.71. The molecule has 0 saturated carbocycles. The molecule has 0 aliphatic carbocycles. The fourth-order valence-corrected chi connectivity index (χ4v) is 1.93. The average molecular weight is 238 g/mol. The second-order valence-corrected chi connectivity index (χ2v) is 3.80. The first-order chi connectivity index (χ1) is 8.30. The molecule has 5 heteroatoms. The number of fused-ring (bicyclic) bond motifs is 1. The molecular formula is C12H18N2O3. The minimum Gasteiger partial charge on any atom is -0.493 e. The topological polar surface area (TPSA) is 65.7 Å². The van der Waals surface area contributed by atoms with E-state index in [0.29, 0.717) is 18.0 Å². The Labute approximate surface area is 101 Å². The van der Waals surface area contributed by atoms with Crippen LogP contribution < -0.4 is 25.3 Å². The Morgan fingerprint density at radius 2 is 2.29 bits per heavy atom. The van der Waals surface area contributed by atoms with Crippen molar-refractivity contribution in [2.24, 2.45) is 5.73 Å². The maximum Gasteiger partial charge on any atom is 0.231 e. The molecular weight excluding hydrogens is 220 g/mol. The lowest BCUT2D eigenvalue weighted by Crippen LogP contribution is -2.27. The van der Waals surface area contributed by atoms with Crippen LogP contribution in [0, 0.1) is 0 Å². The SMILES string of the molecule is CCNC(CN)c1cc(OC)c2c(c1)OCO2. The molecule has 5 nitrogen and oxygen atoms in total. The van der Waals surface area contributed by atoms with E-state index >= 15 is 0 Å². The molecule has 0 saturated heterocycles. The highest BCUT2D eigenvalue weighted by molar-refractivity contribution is 5.55. The molecule has 0 fully saturated rings. The Morgan fingerprint density at radius 1 is 1.47 bits per heavy atom. The maximum absolute atomic E-state index is 5.75. The number of benzene rings is 1. The van der Waals surface area contributed by atoms with E-state index < -0.39 is 0 Å². The van der Waals surface area contributed by atoms with Crippen LogP contribution >= 0.6 is 0 Å². The molecule has 0 spiro atoms. The van der Waals surface area contributed by atoms with Gasteiger partial charge in [0.1, 0.15) is 0 Å². The average Bonchev–Trinajstić information content (AvgIpc) is 2.82. The van der Waals surface area contributed by atoms with Crippen LogP contribution in [0.15, 0.2) is 12.1 Å². The minimum absolute atomic E-state index is 0.100. The quantitative estimate of drug-likeness (QED) is 0.802. The highest BCUT2D eigenvalue weighted by Gasteiger charge is 2.22. The number of nitrogens with one attached hydrogen (secondary N) is 1. The van der Waals surface area contributed by atoms with Gasteiger partial charge in [0.05, 0.1) is 7.11 Å². The van der Waals surface area contributed by atoms with Crippen molar-refractivity contribution in [2.45, 2.75) is 13.0 Å². The molecule has 1 heterocycles. The number of methoxy groups -OCH3 is 1. The number of hydrogen-bond donors (Lipinski definition) is 2. The van der Waals surface area contributed by atoms with E-state index in [0.717, 1.165) is 17.9 Å². The van der Waals surface area contributed by atoms with Crippen LogP contribution in [-0.2, 0) is 0 Å². The summed E-state index contributed by atoms with van der Waals surface area (Å²) in [5, 5.41) is 3.31. The highest BCUT2D eigenvalue weighted by Crippen LogP contribution is 2.42. The van der Waals surface area contributed by atoms with Crippen molar-refractivity contribution in [3.8, 4) is 17.2 Å². The number of hydrogen-bond acceptors (Lipinski definition) is 5. The largest absolute Gasteiger partial charge is 0.493 e. The number of rotatable bonds is 5. The molecule has 94 valence electrons. The summed E-state index contributed by atoms with van der Waals surface area (Å²) in [5.74, 6) is 2.07. The lowest BCUT2D eigenvalue weighted by molar-refractivity contribution is 0.171. The van der Waals surface area contributed by atoms with Gasteiger partial charge in [-0.25, -0.2) is 0 Å². The van der Waals surface area contributed by atoms with Gasteiger partial charge in [-0.05, 0) is 24.2 Å². The van der Waals surface area contributed by atoms with Crippen LogP contribution in [0.4, 0.5) is 0 Å². The normalized spacial score (nSPS) is 14.8. The Morgan fingerprint density at radius 3 is 2.94 bits per heavy atom. The molecule has 0 aromatic heterocycles. The van der Waals surface area contributed by atoms with E-state index in [1.165, 1.54) is 0 Å². The minimum atomic E-state index is 0.100. The van der Waals surface area contributed by atoms with Crippen molar-refractivity contribution >= 4 is 0 Å². The summed E-state index contributed by atoms with van der Waals surface area (Å²) in [6.07, 6.45) is 0. The van der Waals surface area contributed by atoms with Crippen LogP contribution in [0.25, 0.3) is 0 Å². The third-order valence-corrected chi connectivity index (χ3v) is 2.77. The number of ether oxygens (including phenoxy) is 3. The summed E-state index contributed by atoms with van der Waals surface area (Å²) in [4.78, 5) is 0. The van der Waals surface area contributed by atoms with Crippen molar-refractivity contribution in [3.63, 3.8) is 0 Å². The van der Waals surface area contributed by atoms with Crippen LogP contribution in [0.2, 0.25) is 0 Å². The molecule has 3 N–H and O–H groups in total. The highest BCUT2D eigenvalue weighted by atomic mass is 16.7. The van der Waals surface area contributed by atoms with E-state index in [1.807, 2.05) is 19.1 Å². The summed E-state index contributed by atoms with van der Waals surface area (Å²) in [5.41, 5.74) is 6.80. The van der Waals surface area contributed by atoms with Gasteiger partial charge in [-0.3, -0.25) is 0 Å². The van der Waals surface area contributed by atoms with Crippen molar-refractivity contribution in [3.05, 3.63) is 17.7 Å². The molecule has 1 aliphatic rings. The van der Waals surface area contributed by atoms with Crippen molar-refractivity contribution in [1.82, 2.24) is 5.32 Å². The van der Waals surface area contributed by atoms with Crippen LogP contribution in [0.1, 0.15) is 18.5 Å². The maximum atomic E-state index is 5.75. The summed E-state index contributed by atoms with van der Waals surface area (Å²) in [6.45, 7) is 3.67. The summed E-state index contributed by atoms with van der Waals surface area (Å²) in [7, 11) is 1.62. The number of likely N-dealkylation sites (N-methyl/N-ethyl adjacent to an activating group) is 1. The van der Waals surface area contributed by atoms with Gasteiger partial charge < -0.3 is 25.3 Å². The van der Waals surface area contributed by atoms with Crippen molar-refractivity contribution in [2.75, 3.05) is 27.0 Å². The first kappa shape index (κ1) is 12.0. The molecule has 0 radical (unpaired) electrons. The van der Waals surface area contributed by atoms with Gasteiger partial charge >= 0.3 is 0 Å². The lowest BCUT2D eigenvalue weighted by atomic mass is 10.1. The molecule has 1 aromatic rings. The van der Waals surface area contributed by atoms with E-state index in [9.17, 15) is 0 Å². The fourth-order valence-electron chi connectivity index (χ4n) is 1.93. The second kappa shape index (κ2) is 5.25. The van der Waals surface area contributed by atoms with Crippen molar-refractivity contribution < 1.29 is 14.2 Å². The van der Waals surface area contributed by atoms with E-state index in [1.54, 1.807) is 7.11 Å². The van der Waals surface area contributed by atoms with E-state index in [4.69, 9.17) is 19.9 Å². The smallest absolute Gasteiger partial charge is 0.231 e. The standard InChI is InChI=1S/C12H18N2O3/c1-3-14-9(6-13)8-4-10(15-2)12-11(5-8)16-7-17-12/h4-5,9,14H,3,6-7,13H2,1-2H3. The molecule has 0 amide bonds. The van der Waals surface area contributed by atoms with E-state index in [2.05, 4.69) is 5.32 Å². The van der Waals surface area contributed by atoms with Crippen molar-refractivity contribution in [1.29, 1.82) is 0 Å². The van der Waals surface area contributed by atoms with Gasteiger partial charge in [-0.15, -0.1) is 0 Å². The zero-order valence-electron chi connectivity index (χ0n) is 10.2. The van der Waals surface area contributed by atoms with Crippen LogP contribution in [0.5, 0.6) is 17.2 Å². The lowest BCUT2D eigenvalue weighted by Gasteiger charge is -2.17. The van der Waals surface area contributed by atoms with Gasteiger partial charge in [0.15, 0.2) is 11.5 Å². The second-order valence-electron chi connectivity index (χ2n) is 3.80. The Balaban J connectivity index is 2.35. The monoisotopic (exact) mass is 238 g/mol. The number of nitrogens with two attached hydrogens (primary N) is 1. The molecule has 1 unspecified atom stereocenters. The van der Waals surface area contributed by atoms with E-state index in [-0.39, 0.29) is 12.8 Å². The third-order valence-electron chi connectivity index (χ3n) is 2.77. The van der Waals surface area contributed by atoms with Crippen LogP contribution in [0.3, 0.4) is 0 Å². The van der Waals surface area contributed by atoms with Gasteiger partial charge in [0, 0.05) is 12.6 Å². The molecule has 1 aromatic carbocycles. The van der Waals surface area contributed by atoms with Gasteiger partial charge in [0.2, 0.25) is 12.5 Å². The zero-order chi connectivity index (χ0) is 12.3. The van der Waals surface area contributed by atoms with Gasteiger partial charge in [-0.1, -0.05) is 6.92 Å². The molecule has 1 aliphatic heterocycles. The zero-order valence-corrected chi connectivity index (χ0v) is 10.2. The molecule has 0 bridgehead atoms. The van der Waals surface area contributed by atoms with Gasteiger partial charge in [0.25, 0.3) is 0 Å². The molecule has 1 atom stereocenters. The summed E-state index contributed by atoms with van der Waals surface area (Å²) >= 11 is 0. The predicted molar refractivity (Wildman–Crippen MR) is 64.6 cm³/mol. The summed E-state index contributed by atoms with van der Waals surface area (Å²) < 4.78 is 16.0. The fraction of sp³-hybridized carbons (Fsp3) is 0.500. The first-order valence-corrected chi connectivity index (χ1v) is 5.71. The Hall–Kier alpha value is -1.46. The van der Waals surface area contributed by atoms with Gasteiger partial charge in [-0.2, -0.15) is 0 Å². The first-order valence-electron chi connectivity index (χ1n) is 5.71. The molecule has 17 heavy (non-hydrogen) atoms. The molecule has 2 rings (SSSR count). The summed E-state index contributed by atoms with van der Waals surface area (Å²) in [6, 6.07) is 3.99.